The molecule has 1 N–H and O–H groups in total. The highest BCUT2D eigenvalue weighted by molar-refractivity contribution is 4.60. The van der Waals surface area contributed by atoms with Crippen LogP contribution in [0.2, 0.25) is 0 Å². The van der Waals surface area contributed by atoms with Gasteiger partial charge in [0.15, 0.2) is 0 Å². The molecule has 1 atom stereocenters. The normalized spacial score (nSPS) is 12.8. The molecular formula is C14H31NO4. The summed E-state index contributed by atoms with van der Waals surface area (Å²) >= 11 is 0. The Morgan fingerprint density at radius 3 is 2.11 bits per heavy atom. The van der Waals surface area contributed by atoms with Gasteiger partial charge in [0.1, 0.15) is 0 Å². The topological polar surface area (TPSA) is 49.0 Å². The van der Waals surface area contributed by atoms with Gasteiger partial charge in [-0.3, -0.25) is 0 Å². The highest BCUT2D eigenvalue weighted by atomic mass is 16.6. The molecule has 0 saturated carbocycles. The van der Waals surface area contributed by atoms with Crippen molar-refractivity contribution in [1.82, 2.24) is 5.32 Å². The molecule has 116 valence electrons. The Morgan fingerprint density at radius 1 is 0.895 bits per heavy atom. The fourth-order valence-electron chi connectivity index (χ4n) is 1.61. The summed E-state index contributed by atoms with van der Waals surface area (Å²) in [6.07, 6.45) is 2.53. The van der Waals surface area contributed by atoms with Crippen LogP contribution in [-0.4, -0.2) is 65.9 Å². The summed E-state index contributed by atoms with van der Waals surface area (Å²) in [5.74, 6) is 0. The van der Waals surface area contributed by atoms with Crippen LogP contribution in [0.4, 0.5) is 0 Å². The van der Waals surface area contributed by atoms with Gasteiger partial charge in [-0.15, -0.1) is 0 Å². The first-order valence-corrected chi connectivity index (χ1v) is 7.31. The number of ether oxygens (including phenoxy) is 4. The largest absolute Gasteiger partial charge is 0.382 e. The van der Waals surface area contributed by atoms with E-state index in [9.17, 15) is 0 Å². The van der Waals surface area contributed by atoms with Crippen molar-refractivity contribution in [3.8, 4) is 0 Å². The molecule has 5 heteroatoms. The number of methoxy groups -OCH3 is 1. The second kappa shape index (κ2) is 15.9. The highest BCUT2D eigenvalue weighted by Gasteiger charge is 2.06. The molecule has 0 amide bonds. The molecule has 0 saturated heterocycles. The fraction of sp³-hybridized carbons (Fsp3) is 1.00. The van der Waals surface area contributed by atoms with E-state index < -0.39 is 0 Å². The molecule has 0 spiro atoms. The van der Waals surface area contributed by atoms with E-state index in [1.54, 1.807) is 7.11 Å². The number of hydrogen-bond acceptors (Lipinski definition) is 5. The first-order chi connectivity index (χ1) is 9.35. The monoisotopic (exact) mass is 277 g/mol. The zero-order chi connectivity index (χ0) is 14.2. The molecule has 0 aliphatic heterocycles. The third kappa shape index (κ3) is 14.0. The molecule has 0 rings (SSSR count). The minimum absolute atomic E-state index is 0.298. The van der Waals surface area contributed by atoms with Crippen molar-refractivity contribution in [3.05, 3.63) is 0 Å². The maximum Gasteiger partial charge on any atom is 0.0704 e. The van der Waals surface area contributed by atoms with Crippen LogP contribution in [0, 0.1) is 0 Å². The number of nitrogens with one attached hydrogen (secondary N) is 1. The predicted molar refractivity (Wildman–Crippen MR) is 76.7 cm³/mol. The zero-order valence-electron chi connectivity index (χ0n) is 12.8. The van der Waals surface area contributed by atoms with Gasteiger partial charge in [0.05, 0.1) is 45.7 Å². The van der Waals surface area contributed by atoms with E-state index in [1.165, 1.54) is 0 Å². The summed E-state index contributed by atoms with van der Waals surface area (Å²) in [6.45, 7) is 9.94. The minimum atomic E-state index is 0.298. The summed E-state index contributed by atoms with van der Waals surface area (Å²) in [5.41, 5.74) is 0. The quantitative estimate of drug-likeness (QED) is 0.459. The van der Waals surface area contributed by atoms with Gasteiger partial charge in [0, 0.05) is 13.7 Å². The van der Waals surface area contributed by atoms with Gasteiger partial charge in [-0.1, -0.05) is 20.3 Å². The average molecular weight is 277 g/mol. The van der Waals surface area contributed by atoms with Gasteiger partial charge in [-0.2, -0.15) is 0 Å². The Balaban J connectivity index is 3.29. The molecule has 0 radical (unpaired) electrons. The van der Waals surface area contributed by atoms with Crippen LogP contribution in [-0.2, 0) is 18.9 Å². The maximum atomic E-state index is 5.78. The second-order valence-corrected chi connectivity index (χ2v) is 4.31. The van der Waals surface area contributed by atoms with E-state index in [4.69, 9.17) is 18.9 Å². The SMILES string of the molecule is CCCC(CNCC)OCCOCCOCCOC. The second-order valence-electron chi connectivity index (χ2n) is 4.31. The fourth-order valence-corrected chi connectivity index (χ4v) is 1.61. The lowest BCUT2D eigenvalue weighted by Crippen LogP contribution is -2.30. The summed E-state index contributed by atoms with van der Waals surface area (Å²) in [7, 11) is 1.66. The Labute approximate surface area is 117 Å². The Morgan fingerprint density at radius 2 is 1.53 bits per heavy atom. The van der Waals surface area contributed by atoms with Crippen LogP contribution in [0.15, 0.2) is 0 Å². The summed E-state index contributed by atoms with van der Waals surface area (Å²) in [4.78, 5) is 0. The van der Waals surface area contributed by atoms with Crippen molar-refractivity contribution < 1.29 is 18.9 Å². The zero-order valence-corrected chi connectivity index (χ0v) is 12.8. The number of likely N-dealkylation sites (N-methyl/N-ethyl adjacent to an activating group) is 1. The predicted octanol–water partition coefficient (Wildman–Crippen LogP) is 1.46. The first kappa shape index (κ1) is 18.8. The summed E-state index contributed by atoms with van der Waals surface area (Å²) in [5, 5.41) is 3.32. The first-order valence-electron chi connectivity index (χ1n) is 7.31. The molecule has 1 unspecified atom stereocenters. The molecule has 0 bridgehead atoms. The van der Waals surface area contributed by atoms with Crippen molar-refractivity contribution in [2.24, 2.45) is 0 Å². The summed E-state index contributed by atoms with van der Waals surface area (Å²) in [6, 6.07) is 0. The lowest BCUT2D eigenvalue weighted by Gasteiger charge is -2.17. The van der Waals surface area contributed by atoms with Crippen LogP contribution in [0.5, 0.6) is 0 Å². The van der Waals surface area contributed by atoms with E-state index in [2.05, 4.69) is 19.2 Å². The average Bonchev–Trinajstić information content (AvgIpc) is 2.42. The lowest BCUT2D eigenvalue weighted by atomic mass is 10.2. The molecule has 0 aliphatic rings. The van der Waals surface area contributed by atoms with Crippen molar-refractivity contribution in [2.45, 2.75) is 32.8 Å². The molecule has 0 aromatic rings. The molecule has 0 aromatic heterocycles. The summed E-state index contributed by atoms with van der Waals surface area (Å²) < 4.78 is 21.4. The van der Waals surface area contributed by atoms with E-state index in [1.807, 2.05) is 0 Å². The third-order valence-electron chi connectivity index (χ3n) is 2.62. The number of hydrogen-bond donors (Lipinski definition) is 1. The van der Waals surface area contributed by atoms with E-state index >= 15 is 0 Å². The van der Waals surface area contributed by atoms with Gasteiger partial charge in [0.2, 0.25) is 0 Å². The van der Waals surface area contributed by atoms with Gasteiger partial charge < -0.3 is 24.3 Å². The molecule has 0 aliphatic carbocycles. The molecule has 0 aromatic carbocycles. The molecule has 0 heterocycles. The van der Waals surface area contributed by atoms with E-state index in [-0.39, 0.29) is 0 Å². The van der Waals surface area contributed by atoms with Crippen LogP contribution in [0.1, 0.15) is 26.7 Å². The van der Waals surface area contributed by atoms with Crippen molar-refractivity contribution >= 4 is 0 Å². The highest BCUT2D eigenvalue weighted by Crippen LogP contribution is 2.00. The molecule has 0 fully saturated rings. The van der Waals surface area contributed by atoms with E-state index in [0.717, 1.165) is 25.9 Å². The van der Waals surface area contributed by atoms with Crippen LogP contribution < -0.4 is 5.32 Å². The van der Waals surface area contributed by atoms with Gasteiger partial charge >= 0.3 is 0 Å². The van der Waals surface area contributed by atoms with Crippen molar-refractivity contribution in [1.29, 1.82) is 0 Å². The Bertz CT molecular complexity index is 170. The van der Waals surface area contributed by atoms with Crippen molar-refractivity contribution in [3.63, 3.8) is 0 Å². The minimum Gasteiger partial charge on any atom is -0.382 e. The van der Waals surface area contributed by atoms with Gasteiger partial charge in [-0.05, 0) is 13.0 Å². The standard InChI is InChI=1S/C14H31NO4/c1-4-6-14(13-15-5-2)19-12-11-18-10-9-17-8-7-16-3/h14-15H,4-13H2,1-3H3. The Kier molecular flexibility index (Phi) is 15.7. The van der Waals surface area contributed by atoms with Crippen LogP contribution in [0.25, 0.3) is 0 Å². The molecular weight excluding hydrogens is 246 g/mol. The molecule has 5 nitrogen and oxygen atoms in total. The maximum absolute atomic E-state index is 5.78. The van der Waals surface area contributed by atoms with Gasteiger partial charge in [0.25, 0.3) is 0 Å². The number of rotatable bonds is 15. The third-order valence-corrected chi connectivity index (χ3v) is 2.62. The lowest BCUT2D eigenvalue weighted by molar-refractivity contribution is -0.0177. The van der Waals surface area contributed by atoms with E-state index in [0.29, 0.717) is 45.7 Å². The van der Waals surface area contributed by atoms with Gasteiger partial charge in [-0.25, -0.2) is 0 Å². The van der Waals surface area contributed by atoms with Crippen LogP contribution in [0.3, 0.4) is 0 Å². The van der Waals surface area contributed by atoms with Crippen molar-refractivity contribution in [2.75, 3.05) is 59.8 Å². The van der Waals surface area contributed by atoms with Crippen LogP contribution >= 0.6 is 0 Å². The molecule has 19 heavy (non-hydrogen) atoms. The smallest absolute Gasteiger partial charge is 0.0704 e. The Hall–Kier alpha value is -0.200.